The summed E-state index contributed by atoms with van der Waals surface area (Å²) in [5, 5.41) is 0. The van der Waals surface area contributed by atoms with Crippen LogP contribution in [-0.4, -0.2) is 24.0 Å². The van der Waals surface area contributed by atoms with Crippen LogP contribution in [0.4, 0.5) is 0 Å². The summed E-state index contributed by atoms with van der Waals surface area (Å²) in [6.45, 7) is 6.39. The summed E-state index contributed by atoms with van der Waals surface area (Å²) in [7, 11) is 0. The SMILES string of the molecule is CCCC1CCCCN1C(CN)c1cccc(C)c1. The van der Waals surface area contributed by atoms with Crippen molar-refractivity contribution in [3.63, 3.8) is 0 Å². The molecule has 0 spiro atoms. The van der Waals surface area contributed by atoms with Gasteiger partial charge in [-0.05, 0) is 38.3 Å². The van der Waals surface area contributed by atoms with E-state index in [1.54, 1.807) is 0 Å². The maximum atomic E-state index is 6.10. The number of nitrogens with two attached hydrogens (primary N) is 1. The number of likely N-dealkylation sites (tertiary alicyclic amines) is 1. The Kier molecular flexibility index (Phi) is 5.41. The maximum Gasteiger partial charge on any atom is 0.0473 e. The first-order valence-electron chi connectivity index (χ1n) is 7.78. The van der Waals surface area contributed by atoms with Gasteiger partial charge >= 0.3 is 0 Å². The molecule has 19 heavy (non-hydrogen) atoms. The second-order valence-electron chi connectivity index (χ2n) is 5.84. The van der Waals surface area contributed by atoms with Crippen LogP contribution in [0.1, 0.15) is 56.2 Å². The predicted octanol–water partition coefficient (Wildman–Crippen LogP) is 3.65. The Labute approximate surface area is 118 Å². The Morgan fingerprint density at radius 1 is 1.37 bits per heavy atom. The van der Waals surface area contributed by atoms with E-state index >= 15 is 0 Å². The number of nitrogens with zero attached hydrogens (tertiary/aromatic N) is 1. The lowest BCUT2D eigenvalue weighted by Crippen LogP contribution is -2.44. The molecular formula is C17H28N2. The third kappa shape index (κ3) is 3.58. The molecule has 1 aliphatic rings. The fourth-order valence-electron chi connectivity index (χ4n) is 3.42. The zero-order chi connectivity index (χ0) is 13.7. The van der Waals surface area contributed by atoms with Gasteiger partial charge < -0.3 is 5.73 Å². The summed E-state index contributed by atoms with van der Waals surface area (Å²) in [6, 6.07) is 9.99. The Morgan fingerprint density at radius 2 is 2.21 bits per heavy atom. The van der Waals surface area contributed by atoms with Crippen molar-refractivity contribution in [3.8, 4) is 0 Å². The molecule has 1 aromatic carbocycles. The number of aryl methyl sites for hydroxylation is 1. The first kappa shape index (κ1) is 14.5. The molecule has 1 fully saturated rings. The average Bonchev–Trinajstić information content (AvgIpc) is 2.42. The quantitative estimate of drug-likeness (QED) is 0.875. The van der Waals surface area contributed by atoms with Gasteiger partial charge in [-0.2, -0.15) is 0 Å². The van der Waals surface area contributed by atoms with E-state index in [0.29, 0.717) is 6.04 Å². The van der Waals surface area contributed by atoms with E-state index in [9.17, 15) is 0 Å². The van der Waals surface area contributed by atoms with Crippen LogP contribution in [0.15, 0.2) is 24.3 Å². The van der Waals surface area contributed by atoms with Gasteiger partial charge in [0.05, 0.1) is 0 Å². The van der Waals surface area contributed by atoms with Gasteiger partial charge in [0.2, 0.25) is 0 Å². The third-order valence-electron chi connectivity index (χ3n) is 4.35. The van der Waals surface area contributed by atoms with Gasteiger partial charge in [0.25, 0.3) is 0 Å². The Hall–Kier alpha value is -0.860. The molecule has 0 amide bonds. The van der Waals surface area contributed by atoms with Gasteiger partial charge in [-0.1, -0.05) is 49.6 Å². The molecule has 0 radical (unpaired) electrons. The molecule has 1 aliphatic heterocycles. The lowest BCUT2D eigenvalue weighted by atomic mass is 9.93. The second kappa shape index (κ2) is 7.06. The average molecular weight is 260 g/mol. The minimum absolute atomic E-state index is 0.400. The molecule has 1 saturated heterocycles. The molecule has 0 bridgehead atoms. The van der Waals surface area contributed by atoms with Gasteiger partial charge in [0.15, 0.2) is 0 Å². The van der Waals surface area contributed by atoms with Gasteiger partial charge in [0.1, 0.15) is 0 Å². The monoisotopic (exact) mass is 260 g/mol. The van der Waals surface area contributed by atoms with Gasteiger partial charge in [-0.15, -0.1) is 0 Å². The highest BCUT2D eigenvalue weighted by atomic mass is 15.2. The Bertz CT molecular complexity index is 387. The summed E-state index contributed by atoms with van der Waals surface area (Å²) in [6.07, 6.45) is 6.62. The van der Waals surface area contributed by atoms with Crippen LogP contribution in [0.3, 0.4) is 0 Å². The standard InChI is InChI=1S/C17H28N2/c1-3-7-16-10-4-5-11-19(16)17(13-18)15-9-6-8-14(2)12-15/h6,8-9,12,16-17H,3-5,7,10-11,13,18H2,1-2H3. The highest BCUT2D eigenvalue weighted by Crippen LogP contribution is 2.30. The first-order chi connectivity index (χ1) is 9.26. The molecule has 0 aromatic heterocycles. The molecule has 0 aliphatic carbocycles. The van der Waals surface area contributed by atoms with Crippen LogP contribution in [0.2, 0.25) is 0 Å². The van der Waals surface area contributed by atoms with E-state index in [4.69, 9.17) is 5.73 Å². The molecule has 2 N–H and O–H groups in total. The zero-order valence-corrected chi connectivity index (χ0v) is 12.4. The second-order valence-corrected chi connectivity index (χ2v) is 5.84. The molecule has 2 atom stereocenters. The molecule has 2 unspecified atom stereocenters. The fourth-order valence-corrected chi connectivity index (χ4v) is 3.42. The van der Waals surface area contributed by atoms with E-state index in [0.717, 1.165) is 12.6 Å². The van der Waals surface area contributed by atoms with Crippen LogP contribution >= 0.6 is 0 Å². The maximum absolute atomic E-state index is 6.10. The molecule has 1 heterocycles. The topological polar surface area (TPSA) is 29.3 Å². The molecule has 106 valence electrons. The van der Waals surface area contributed by atoms with Crippen molar-refractivity contribution < 1.29 is 0 Å². The fraction of sp³-hybridized carbons (Fsp3) is 0.647. The van der Waals surface area contributed by atoms with E-state index < -0.39 is 0 Å². The van der Waals surface area contributed by atoms with Crippen LogP contribution in [0.5, 0.6) is 0 Å². The smallest absolute Gasteiger partial charge is 0.0473 e. The van der Waals surface area contributed by atoms with E-state index in [2.05, 4.69) is 43.0 Å². The van der Waals surface area contributed by atoms with Gasteiger partial charge in [-0.25, -0.2) is 0 Å². The zero-order valence-electron chi connectivity index (χ0n) is 12.4. The van der Waals surface area contributed by atoms with Crippen molar-refractivity contribution in [3.05, 3.63) is 35.4 Å². The summed E-state index contributed by atoms with van der Waals surface area (Å²) < 4.78 is 0. The summed E-state index contributed by atoms with van der Waals surface area (Å²) in [5.41, 5.74) is 8.83. The third-order valence-corrected chi connectivity index (χ3v) is 4.35. The van der Waals surface area contributed by atoms with Gasteiger partial charge in [-0.3, -0.25) is 4.90 Å². The van der Waals surface area contributed by atoms with Crippen molar-refractivity contribution in [2.45, 2.75) is 58.0 Å². The van der Waals surface area contributed by atoms with Crippen molar-refractivity contribution in [1.82, 2.24) is 4.90 Å². The van der Waals surface area contributed by atoms with Crippen LogP contribution in [0, 0.1) is 6.92 Å². The molecule has 2 heteroatoms. The van der Waals surface area contributed by atoms with Crippen LogP contribution in [0.25, 0.3) is 0 Å². The summed E-state index contributed by atoms with van der Waals surface area (Å²) in [4.78, 5) is 2.67. The number of piperidine rings is 1. The summed E-state index contributed by atoms with van der Waals surface area (Å²) >= 11 is 0. The molecule has 2 nitrogen and oxygen atoms in total. The first-order valence-corrected chi connectivity index (χ1v) is 7.78. The van der Waals surface area contributed by atoms with Crippen molar-refractivity contribution in [2.75, 3.05) is 13.1 Å². The molecule has 1 aromatic rings. The molecule has 0 saturated carbocycles. The minimum Gasteiger partial charge on any atom is -0.329 e. The highest BCUT2D eigenvalue weighted by Gasteiger charge is 2.28. The Balaban J connectivity index is 2.19. The number of hydrogen-bond donors (Lipinski definition) is 1. The Morgan fingerprint density at radius 3 is 2.89 bits per heavy atom. The lowest BCUT2D eigenvalue weighted by molar-refractivity contribution is 0.0912. The molecule has 2 rings (SSSR count). The summed E-state index contributed by atoms with van der Waals surface area (Å²) in [5.74, 6) is 0. The van der Waals surface area contributed by atoms with Crippen molar-refractivity contribution in [1.29, 1.82) is 0 Å². The van der Waals surface area contributed by atoms with Crippen LogP contribution < -0.4 is 5.73 Å². The number of benzene rings is 1. The minimum atomic E-state index is 0.400. The largest absolute Gasteiger partial charge is 0.329 e. The van der Waals surface area contributed by atoms with Gasteiger partial charge in [0, 0.05) is 18.6 Å². The molecular weight excluding hydrogens is 232 g/mol. The number of rotatable bonds is 5. The van der Waals surface area contributed by atoms with E-state index in [1.165, 1.54) is 49.8 Å². The van der Waals surface area contributed by atoms with Crippen molar-refractivity contribution in [2.24, 2.45) is 5.73 Å². The normalized spacial score (nSPS) is 22.4. The van der Waals surface area contributed by atoms with Crippen LogP contribution in [-0.2, 0) is 0 Å². The van der Waals surface area contributed by atoms with E-state index in [1.807, 2.05) is 0 Å². The number of hydrogen-bond acceptors (Lipinski definition) is 2. The lowest BCUT2D eigenvalue weighted by Gasteiger charge is -2.41. The highest BCUT2D eigenvalue weighted by molar-refractivity contribution is 5.25. The van der Waals surface area contributed by atoms with Crippen molar-refractivity contribution >= 4 is 0 Å². The predicted molar refractivity (Wildman–Crippen MR) is 82.2 cm³/mol. The van der Waals surface area contributed by atoms with E-state index in [-0.39, 0.29) is 0 Å².